The third kappa shape index (κ3) is 4.60. The molecule has 2 unspecified atom stereocenters. The summed E-state index contributed by atoms with van der Waals surface area (Å²) in [5.41, 5.74) is 2.63. The van der Waals surface area contributed by atoms with Crippen LogP contribution in [-0.4, -0.2) is 13.2 Å². The first-order valence-electron chi connectivity index (χ1n) is 7.99. The number of hydrogen-bond acceptors (Lipinski definition) is 2. The zero-order chi connectivity index (χ0) is 14.4. The smallest absolute Gasteiger partial charge is 0.0713 e. The Hall–Kier alpha value is -0.860. The molecule has 0 aromatic heterocycles. The maximum Gasteiger partial charge on any atom is 0.0713 e. The van der Waals surface area contributed by atoms with E-state index < -0.39 is 0 Å². The maximum absolute atomic E-state index is 5.20. The van der Waals surface area contributed by atoms with Crippen LogP contribution in [0, 0.1) is 11.8 Å². The lowest BCUT2D eigenvalue weighted by Crippen LogP contribution is -2.35. The van der Waals surface area contributed by atoms with Gasteiger partial charge in [0.25, 0.3) is 0 Å². The van der Waals surface area contributed by atoms with E-state index in [9.17, 15) is 0 Å². The van der Waals surface area contributed by atoms with Crippen molar-refractivity contribution in [3.05, 3.63) is 35.4 Å². The first kappa shape index (κ1) is 15.5. The summed E-state index contributed by atoms with van der Waals surface area (Å²) in [6.45, 7) is 6.41. The Labute approximate surface area is 123 Å². The molecule has 0 amide bonds. The van der Waals surface area contributed by atoms with Crippen molar-refractivity contribution in [3.8, 4) is 0 Å². The zero-order valence-corrected chi connectivity index (χ0v) is 13.2. The highest BCUT2D eigenvalue weighted by atomic mass is 16.5. The first-order valence-corrected chi connectivity index (χ1v) is 7.99. The largest absolute Gasteiger partial charge is 0.380 e. The van der Waals surface area contributed by atoms with Gasteiger partial charge in [0.1, 0.15) is 0 Å². The van der Waals surface area contributed by atoms with Crippen LogP contribution in [0.4, 0.5) is 0 Å². The summed E-state index contributed by atoms with van der Waals surface area (Å²) < 4.78 is 5.20. The highest BCUT2D eigenvalue weighted by molar-refractivity contribution is 5.22. The summed E-state index contributed by atoms with van der Waals surface area (Å²) in [5, 5.41) is 3.75. The molecule has 0 radical (unpaired) electrons. The second kappa shape index (κ2) is 7.80. The topological polar surface area (TPSA) is 21.3 Å². The molecule has 2 nitrogen and oxygen atoms in total. The summed E-state index contributed by atoms with van der Waals surface area (Å²) in [5.74, 6) is 1.73. The van der Waals surface area contributed by atoms with Crippen molar-refractivity contribution in [2.45, 2.75) is 58.7 Å². The van der Waals surface area contributed by atoms with Crippen molar-refractivity contribution in [2.24, 2.45) is 11.8 Å². The first-order chi connectivity index (χ1) is 9.69. The minimum Gasteiger partial charge on any atom is -0.380 e. The van der Waals surface area contributed by atoms with Gasteiger partial charge in [-0.15, -0.1) is 0 Å². The van der Waals surface area contributed by atoms with E-state index in [1.54, 1.807) is 7.11 Å². The van der Waals surface area contributed by atoms with Crippen molar-refractivity contribution < 1.29 is 4.74 Å². The van der Waals surface area contributed by atoms with Crippen molar-refractivity contribution in [2.75, 3.05) is 7.11 Å². The normalized spacial score (nSPS) is 23.2. The van der Waals surface area contributed by atoms with E-state index in [0.717, 1.165) is 18.4 Å². The lowest BCUT2D eigenvalue weighted by atomic mass is 9.79. The molecule has 1 saturated carbocycles. The highest BCUT2D eigenvalue weighted by Crippen LogP contribution is 2.30. The average molecular weight is 275 g/mol. The van der Waals surface area contributed by atoms with E-state index in [1.165, 1.54) is 36.8 Å². The summed E-state index contributed by atoms with van der Waals surface area (Å²) in [7, 11) is 1.75. The molecular weight excluding hydrogens is 246 g/mol. The van der Waals surface area contributed by atoms with Gasteiger partial charge in [-0.3, -0.25) is 0 Å². The molecule has 2 heteroatoms. The number of benzene rings is 1. The van der Waals surface area contributed by atoms with Crippen molar-refractivity contribution in [1.29, 1.82) is 0 Å². The predicted molar refractivity (Wildman–Crippen MR) is 84.6 cm³/mol. The zero-order valence-electron chi connectivity index (χ0n) is 13.2. The van der Waals surface area contributed by atoms with Crippen LogP contribution >= 0.6 is 0 Å². The molecule has 1 aromatic carbocycles. The fraction of sp³-hybridized carbons (Fsp3) is 0.667. The molecule has 1 N–H and O–H groups in total. The summed E-state index contributed by atoms with van der Waals surface area (Å²) in [6, 6.07) is 9.40. The van der Waals surface area contributed by atoms with Crippen LogP contribution in [0.25, 0.3) is 0 Å². The molecule has 0 heterocycles. The Morgan fingerprint density at radius 3 is 2.80 bits per heavy atom. The van der Waals surface area contributed by atoms with Gasteiger partial charge < -0.3 is 10.1 Å². The Kier molecular flexibility index (Phi) is 6.06. The van der Waals surface area contributed by atoms with Crippen LogP contribution in [0.15, 0.2) is 24.3 Å². The van der Waals surface area contributed by atoms with E-state index in [1.807, 2.05) is 0 Å². The summed E-state index contributed by atoms with van der Waals surface area (Å²) >= 11 is 0. The third-order valence-corrected chi connectivity index (χ3v) is 4.55. The third-order valence-electron chi connectivity index (χ3n) is 4.55. The van der Waals surface area contributed by atoms with Gasteiger partial charge >= 0.3 is 0 Å². The molecule has 0 spiro atoms. The second-order valence-corrected chi connectivity index (χ2v) is 6.50. The Balaban J connectivity index is 1.83. The molecule has 0 aliphatic heterocycles. The van der Waals surface area contributed by atoms with Gasteiger partial charge in [0.05, 0.1) is 6.61 Å². The monoisotopic (exact) mass is 275 g/mol. The number of methoxy groups -OCH3 is 1. The fourth-order valence-electron chi connectivity index (χ4n) is 3.28. The van der Waals surface area contributed by atoms with Crippen LogP contribution in [0.5, 0.6) is 0 Å². The molecular formula is C18H29NO. The molecule has 1 aromatic rings. The van der Waals surface area contributed by atoms with Crippen LogP contribution in [-0.2, 0) is 17.9 Å². The van der Waals surface area contributed by atoms with Crippen molar-refractivity contribution in [1.82, 2.24) is 5.32 Å². The van der Waals surface area contributed by atoms with Gasteiger partial charge in [0, 0.05) is 19.7 Å². The fourth-order valence-corrected chi connectivity index (χ4v) is 3.28. The Morgan fingerprint density at radius 2 is 2.05 bits per heavy atom. The molecule has 1 aliphatic rings. The van der Waals surface area contributed by atoms with E-state index in [4.69, 9.17) is 4.74 Å². The SMILES string of the molecule is COCc1cccc(CNC2CCCC(C(C)C)C2)c1. The molecule has 112 valence electrons. The van der Waals surface area contributed by atoms with Crippen molar-refractivity contribution in [3.63, 3.8) is 0 Å². The maximum atomic E-state index is 5.20. The standard InChI is InChI=1S/C18H29NO/c1-14(2)17-8-5-9-18(11-17)19-12-15-6-4-7-16(10-15)13-20-3/h4,6-7,10,14,17-19H,5,8-9,11-13H2,1-3H3. The molecule has 20 heavy (non-hydrogen) atoms. The lowest BCUT2D eigenvalue weighted by Gasteiger charge is -2.32. The highest BCUT2D eigenvalue weighted by Gasteiger charge is 2.23. The van der Waals surface area contributed by atoms with E-state index in [0.29, 0.717) is 12.6 Å². The second-order valence-electron chi connectivity index (χ2n) is 6.50. The Morgan fingerprint density at radius 1 is 1.25 bits per heavy atom. The van der Waals surface area contributed by atoms with E-state index in [-0.39, 0.29) is 0 Å². The van der Waals surface area contributed by atoms with Crippen LogP contribution < -0.4 is 5.32 Å². The molecule has 0 saturated heterocycles. The van der Waals surface area contributed by atoms with Crippen LogP contribution in [0.1, 0.15) is 50.7 Å². The number of hydrogen-bond donors (Lipinski definition) is 1. The quantitative estimate of drug-likeness (QED) is 0.842. The number of rotatable bonds is 6. The van der Waals surface area contributed by atoms with Gasteiger partial charge in [-0.05, 0) is 35.8 Å². The molecule has 2 atom stereocenters. The predicted octanol–water partition coefficient (Wildman–Crippen LogP) is 4.14. The number of ether oxygens (including phenoxy) is 1. The number of nitrogens with one attached hydrogen (secondary N) is 1. The minimum absolute atomic E-state index is 0.697. The van der Waals surface area contributed by atoms with E-state index in [2.05, 4.69) is 43.4 Å². The van der Waals surface area contributed by atoms with Crippen LogP contribution in [0.2, 0.25) is 0 Å². The average Bonchev–Trinajstić information content (AvgIpc) is 2.46. The summed E-state index contributed by atoms with van der Waals surface area (Å²) in [4.78, 5) is 0. The lowest BCUT2D eigenvalue weighted by molar-refractivity contribution is 0.185. The van der Waals surface area contributed by atoms with Gasteiger partial charge in [-0.25, -0.2) is 0 Å². The van der Waals surface area contributed by atoms with Gasteiger partial charge in [-0.1, -0.05) is 51.0 Å². The molecule has 2 rings (SSSR count). The van der Waals surface area contributed by atoms with Gasteiger partial charge in [0.15, 0.2) is 0 Å². The van der Waals surface area contributed by atoms with Crippen molar-refractivity contribution >= 4 is 0 Å². The van der Waals surface area contributed by atoms with Gasteiger partial charge in [0.2, 0.25) is 0 Å². The molecule has 0 bridgehead atoms. The van der Waals surface area contributed by atoms with E-state index >= 15 is 0 Å². The van der Waals surface area contributed by atoms with Crippen LogP contribution in [0.3, 0.4) is 0 Å². The summed E-state index contributed by atoms with van der Waals surface area (Å²) in [6.07, 6.45) is 5.47. The molecule has 1 aliphatic carbocycles. The minimum atomic E-state index is 0.697. The van der Waals surface area contributed by atoms with Gasteiger partial charge in [-0.2, -0.15) is 0 Å². The molecule has 1 fully saturated rings. The Bertz CT molecular complexity index is 402.